The molecule has 1 aromatic heterocycles. The summed E-state index contributed by atoms with van der Waals surface area (Å²) in [6.45, 7) is 2.26. The summed E-state index contributed by atoms with van der Waals surface area (Å²) in [7, 11) is 0. The van der Waals surface area contributed by atoms with E-state index in [9.17, 15) is 5.11 Å². The minimum atomic E-state index is -0.381. The maximum atomic E-state index is 10.2. The van der Waals surface area contributed by atoms with E-state index < -0.39 is 0 Å². The van der Waals surface area contributed by atoms with Crippen molar-refractivity contribution >= 4 is 0 Å². The summed E-state index contributed by atoms with van der Waals surface area (Å²) in [6.07, 6.45) is 9.34. The van der Waals surface area contributed by atoms with E-state index in [0.29, 0.717) is 5.92 Å². The molecule has 1 N–H and O–H groups in total. The van der Waals surface area contributed by atoms with Gasteiger partial charge < -0.3 is 5.11 Å². The summed E-state index contributed by atoms with van der Waals surface area (Å²) in [6, 6.07) is 0. The van der Waals surface area contributed by atoms with Gasteiger partial charge in [-0.15, -0.1) is 0 Å². The molecule has 1 saturated carbocycles. The predicted molar refractivity (Wildman–Crippen MR) is 58.1 cm³/mol. The van der Waals surface area contributed by atoms with Gasteiger partial charge in [-0.1, -0.05) is 19.8 Å². The molecule has 0 bridgehead atoms. The van der Waals surface area contributed by atoms with Crippen LogP contribution >= 0.6 is 0 Å². The number of aliphatic hydroxyl groups excluding tert-OH is 1. The lowest BCUT2D eigenvalue weighted by Gasteiger charge is -2.30. The van der Waals surface area contributed by atoms with Crippen LogP contribution in [0.4, 0.5) is 0 Å². The molecule has 2 rings (SSSR count). The normalized spacial score (nSPS) is 28.7. The van der Waals surface area contributed by atoms with Crippen molar-refractivity contribution in [3.8, 4) is 0 Å². The minimum absolute atomic E-state index is 0.381. The minimum Gasteiger partial charge on any atom is -0.388 e. The van der Waals surface area contributed by atoms with Crippen molar-refractivity contribution in [2.24, 2.45) is 11.8 Å². The second kappa shape index (κ2) is 4.71. The zero-order valence-electron chi connectivity index (χ0n) is 9.13. The van der Waals surface area contributed by atoms with Gasteiger partial charge in [-0.05, 0) is 24.7 Å². The molecule has 15 heavy (non-hydrogen) atoms. The molecule has 3 unspecified atom stereocenters. The molecule has 1 fully saturated rings. The Labute approximate surface area is 90.6 Å². The van der Waals surface area contributed by atoms with Gasteiger partial charge in [0.05, 0.1) is 6.10 Å². The van der Waals surface area contributed by atoms with Crippen LogP contribution in [0, 0.1) is 11.8 Å². The third-order valence-corrected chi connectivity index (χ3v) is 3.35. The molecule has 0 aromatic carbocycles. The van der Waals surface area contributed by atoms with E-state index in [2.05, 4.69) is 16.9 Å². The van der Waals surface area contributed by atoms with Gasteiger partial charge in [-0.2, -0.15) is 0 Å². The zero-order valence-corrected chi connectivity index (χ0v) is 9.13. The van der Waals surface area contributed by atoms with Crippen molar-refractivity contribution in [1.82, 2.24) is 9.97 Å². The third-order valence-electron chi connectivity index (χ3n) is 3.35. The lowest BCUT2D eigenvalue weighted by atomic mass is 9.78. The van der Waals surface area contributed by atoms with Crippen LogP contribution in [0.25, 0.3) is 0 Å². The van der Waals surface area contributed by atoms with Crippen molar-refractivity contribution in [3.63, 3.8) is 0 Å². The van der Waals surface area contributed by atoms with Gasteiger partial charge in [0, 0.05) is 18.0 Å². The summed E-state index contributed by atoms with van der Waals surface area (Å²) in [4.78, 5) is 7.90. The molecule has 1 heterocycles. The van der Waals surface area contributed by atoms with Crippen LogP contribution in [0.1, 0.15) is 44.3 Å². The topological polar surface area (TPSA) is 46.0 Å². The average molecular weight is 206 g/mol. The van der Waals surface area contributed by atoms with Crippen molar-refractivity contribution in [1.29, 1.82) is 0 Å². The highest BCUT2D eigenvalue weighted by Crippen LogP contribution is 2.36. The first-order valence-corrected chi connectivity index (χ1v) is 5.70. The molecule has 0 aliphatic heterocycles. The fraction of sp³-hybridized carbons (Fsp3) is 0.667. The number of hydrogen-bond acceptors (Lipinski definition) is 3. The molecule has 1 aliphatic rings. The highest BCUT2D eigenvalue weighted by Gasteiger charge is 2.26. The van der Waals surface area contributed by atoms with Crippen LogP contribution in [0.15, 0.2) is 18.7 Å². The second-order valence-corrected chi connectivity index (χ2v) is 4.65. The molecule has 3 atom stereocenters. The molecule has 0 saturated heterocycles. The second-order valence-electron chi connectivity index (χ2n) is 4.65. The number of hydrogen-bond donors (Lipinski definition) is 1. The van der Waals surface area contributed by atoms with Gasteiger partial charge in [-0.3, -0.25) is 0 Å². The van der Waals surface area contributed by atoms with Gasteiger partial charge in [0.1, 0.15) is 6.33 Å². The van der Waals surface area contributed by atoms with Crippen molar-refractivity contribution in [2.75, 3.05) is 0 Å². The van der Waals surface area contributed by atoms with E-state index >= 15 is 0 Å². The Morgan fingerprint density at radius 1 is 1.33 bits per heavy atom. The molecular formula is C12H18N2O. The standard InChI is InChI=1S/C12H18N2O/c1-9-3-2-4-10(5-9)12(15)11-6-13-8-14-7-11/h6-10,12,15H,2-5H2,1H3. The quantitative estimate of drug-likeness (QED) is 0.807. The maximum Gasteiger partial charge on any atom is 0.115 e. The fourth-order valence-electron chi connectivity index (χ4n) is 2.50. The number of aliphatic hydroxyl groups is 1. The van der Waals surface area contributed by atoms with Crippen LogP contribution in [-0.4, -0.2) is 15.1 Å². The summed E-state index contributed by atoms with van der Waals surface area (Å²) in [5.74, 6) is 1.13. The Morgan fingerprint density at radius 2 is 2.07 bits per heavy atom. The number of aromatic nitrogens is 2. The predicted octanol–water partition coefficient (Wildman–Crippen LogP) is 2.34. The van der Waals surface area contributed by atoms with Crippen molar-refractivity contribution in [2.45, 2.75) is 38.7 Å². The number of nitrogens with zero attached hydrogens (tertiary/aromatic N) is 2. The first-order chi connectivity index (χ1) is 7.27. The van der Waals surface area contributed by atoms with Gasteiger partial charge >= 0.3 is 0 Å². The Morgan fingerprint density at radius 3 is 2.73 bits per heavy atom. The molecule has 0 spiro atoms. The monoisotopic (exact) mass is 206 g/mol. The van der Waals surface area contributed by atoms with Crippen molar-refractivity contribution < 1.29 is 5.11 Å². The maximum absolute atomic E-state index is 10.2. The SMILES string of the molecule is CC1CCCC(C(O)c2cncnc2)C1. The highest BCUT2D eigenvalue weighted by atomic mass is 16.3. The largest absolute Gasteiger partial charge is 0.388 e. The average Bonchev–Trinajstić information content (AvgIpc) is 2.29. The Balaban J connectivity index is 2.04. The first-order valence-electron chi connectivity index (χ1n) is 5.70. The molecule has 3 heteroatoms. The van der Waals surface area contributed by atoms with Crippen LogP contribution in [0.3, 0.4) is 0 Å². The van der Waals surface area contributed by atoms with Crippen molar-refractivity contribution in [3.05, 3.63) is 24.3 Å². The van der Waals surface area contributed by atoms with Gasteiger partial charge in [0.25, 0.3) is 0 Å². The zero-order chi connectivity index (χ0) is 10.7. The summed E-state index contributed by atoms with van der Waals surface area (Å²) in [5, 5.41) is 10.2. The fourth-order valence-corrected chi connectivity index (χ4v) is 2.50. The Bertz CT molecular complexity index is 302. The molecule has 3 nitrogen and oxygen atoms in total. The molecule has 1 aromatic rings. The van der Waals surface area contributed by atoms with E-state index in [1.807, 2.05) is 0 Å². The van der Waals surface area contributed by atoms with Crippen LogP contribution in [-0.2, 0) is 0 Å². The molecular weight excluding hydrogens is 188 g/mol. The van der Waals surface area contributed by atoms with E-state index in [1.165, 1.54) is 19.2 Å². The molecule has 0 radical (unpaired) electrons. The number of rotatable bonds is 2. The molecule has 0 amide bonds. The van der Waals surface area contributed by atoms with E-state index in [-0.39, 0.29) is 6.10 Å². The lowest BCUT2D eigenvalue weighted by Crippen LogP contribution is -2.20. The van der Waals surface area contributed by atoms with Gasteiger partial charge in [0.15, 0.2) is 0 Å². The third kappa shape index (κ3) is 2.53. The van der Waals surface area contributed by atoms with E-state index in [4.69, 9.17) is 0 Å². The van der Waals surface area contributed by atoms with Crippen LogP contribution in [0.2, 0.25) is 0 Å². The van der Waals surface area contributed by atoms with Gasteiger partial charge in [0.2, 0.25) is 0 Å². The van der Waals surface area contributed by atoms with Gasteiger partial charge in [-0.25, -0.2) is 9.97 Å². The summed E-state index contributed by atoms with van der Waals surface area (Å²) in [5.41, 5.74) is 0.858. The smallest absolute Gasteiger partial charge is 0.115 e. The van der Waals surface area contributed by atoms with E-state index in [0.717, 1.165) is 24.3 Å². The molecule has 82 valence electrons. The molecule has 1 aliphatic carbocycles. The highest BCUT2D eigenvalue weighted by molar-refractivity contribution is 5.08. The lowest BCUT2D eigenvalue weighted by molar-refractivity contribution is 0.0708. The Hall–Kier alpha value is -0.960. The summed E-state index contributed by atoms with van der Waals surface area (Å²) >= 11 is 0. The van der Waals surface area contributed by atoms with E-state index in [1.54, 1.807) is 12.4 Å². The summed E-state index contributed by atoms with van der Waals surface area (Å²) < 4.78 is 0. The van der Waals surface area contributed by atoms with Crippen LogP contribution < -0.4 is 0 Å². The first kappa shape index (κ1) is 10.6. The Kier molecular flexibility index (Phi) is 3.31. The van der Waals surface area contributed by atoms with Crippen LogP contribution in [0.5, 0.6) is 0 Å².